The van der Waals surface area contributed by atoms with Gasteiger partial charge in [-0.05, 0) is 63.9 Å². The standard InChI is InChI=1S/C16H13IN2/c17-14-4-6-15(7-5-14)19-11-13-3-1-2-12-10-18-9-8-16(12)13/h1-10,19H,11H2. The number of nitrogens with zero attached hydrogens (tertiary/aromatic N) is 1. The second kappa shape index (κ2) is 5.57. The summed E-state index contributed by atoms with van der Waals surface area (Å²) in [5, 5.41) is 5.90. The van der Waals surface area contributed by atoms with Crippen molar-refractivity contribution in [2.75, 3.05) is 5.32 Å². The lowest BCUT2D eigenvalue weighted by atomic mass is 10.1. The Morgan fingerprint density at radius 3 is 2.68 bits per heavy atom. The van der Waals surface area contributed by atoms with Crippen molar-refractivity contribution in [3.63, 3.8) is 0 Å². The summed E-state index contributed by atoms with van der Waals surface area (Å²) in [4.78, 5) is 4.16. The molecule has 19 heavy (non-hydrogen) atoms. The fraction of sp³-hybridized carbons (Fsp3) is 0.0625. The number of benzene rings is 2. The summed E-state index contributed by atoms with van der Waals surface area (Å²) in [5.74, 6) is 0. The van der Waals surface area contributed by atoms with Crippen molar-refractivity contribution in [1.82, 2.24) is 4.98 Å². The Balaban J connectivity index is 1.84. The average Bonchev–Trinajstić information content (AvgIpc) is 2.47. The minimum absolute atomic E-state index is 0.821. The molecule has 0 aliphatic heterocycles. The van der Waals surface area contributed by atoms with E-state index in [0.717, 1.165) is 12.2 Å². The Morgan fingerprint density at radius 2 is 1.84 bits per heavy atom. The predicted molar refractivity (Wildman–Crippen MR) is 88.2 cm³/mol. The van der Waals surface area contributed by atoms with Gasteiger partial charge in [0.2, 0.25) is 0 Å². The van der Waals surface area contributed by atoms with Crippen LogP contribution in [0.5, 0.6) is 0 Å². The monoisotopic (exact) mass is 360 g/mol. The quantitative estimate of drug-likeness (QED) is 0.698. The van der Waals surface area contributed by atoms with Gasteiger partial charge in [0, 0.05) is 33.6 Å². The van der Waals surface area contributed by atoms with Gasteiger partial charge in [0.25, 0.3) is 0 Å². The van der Waals surface area contributed by atoms with Gasteiger partial charge in [-0.25, -0.2) is 0 Å². The summed E-state index contributed by atoms with van der Waals surface area (Å²) in [6.07, 6.45) is 3.75. The molecule has 0 saturated heterocycles. The van der Waals surface area contributed by atoms with Crippen molar-refractivity contribution in [3.8, 4) is 0 Å². The first kappa shape index (κ1) is 12.4. The molecule has 3 rings (SSSR count). The van der Waals surface area contributed by atoms with Gasteiger partial charge in [0.15, 0.2) is 0 Å². The van der Waals surface area contributed by atoms with E-state index >= 15 is 0 Å². The molecule has 0 amide bonds. The van der Waals surface area contributed by atoms with E-state index in [9.17, 15) is 0 Å². The van der Waals surface area contributed by atoms with Crippen LogP contribution in [0.1, 0.15) is 5.56 Å². The maximum Gasteiger partial charge on any atom is 0.0406 e. The molecule has 0 radical (unpaired) electrons. The third-order valence-electron chi connectivity index (χ3n) is 3.10. The Bertz CT molecular complexity index is 687. The smallest absolute Gasteiger partial charge is 0.0406 e. The lowest BCUT2D eigenvalue weighted by Crippen LogP contribution is -2.00. The van der Waals surface area contributed by atoms with Gasteiger partial charge in [0.05, 0.1) is 0 Å². The zero-order valence-electron chi connectivity index (χ0n) is 10.3. The van der Waals surface area contributed by atoms with Crippen LogP contribution in [0.4, 0.5) is 5.69 Å². The van der Waals surface area contributed by atoms with Crippen LogP contribution in [-0.2, 0) is 6.54 Å². The van der Waals surface area contributed by atoms with Crippen LogP contribution >= 0.6 is 22.6 Å². The van der Waals surface area contributed by atoms with Gasteiger partial charge in [-0.3, -0.25) is 4.98 Å². The molecule has 1 N–H and O–H groups in total. The molecule has 2 nitrogen and oxygen atoms in total. The maximum absolute atomic E-state index is 4.16. The van der Waals surface area contributed by atoms with Gasteiger partial charge >= 0.3 is 0 Å². The highest BCUT2D eigenvalue weighted by Gasteiger charge is 2.00. The number of fused-ring (bicyclic) bond motifs is 1. The molecular formula is C16H13IN2. The van der Waals surface area contributed by atoms with Crippen LogP contribution in [0, 0.1) is 3.57 Å². The van der Waals surface area contributed by atoms with Crippen molar-refractivity contribution in [1.29, 1.82) is 0 Å². The van der Waals surface area contributed by atoms with Gasteiger partial charge in [0.1, 0.15) is 0 Å². The lowest BCUT2D eigenvalue weighted by molar-refractivity contribution is 1.16. The fourth-order valence-corrected chi connectivity index (χ4v) is 2.47. The number of hydrogen-bond acceptors (Lipinski definition) is 2. The Morgan fingerprint density at radius 1 is 1.00 bits per heavy atom. The zero-order valence-corrected chi connectivity index (χ0v) is 12.5. The summed E-state index contributed by atoms with van der Waals surface area (Å²) < 4.78 is 1.25. The number of nitrogens with one attached hydrogen (secondary N) is 1. The first-order chi connectivity index (χ1) is 9.33. The molecule has 1 aromatic heterocycles. The molecule has 0 aliphatic rings. The molecule has 0 fully saturated rings. The van der Waals surface area contributed by atoms with Crippen molar-refractivity contribution in [2.24, 2.45) is 0 Å². The third-order valence-corrected chi connectivity index (χ3v) is 3.82. The Labute approximate surface area is 126 Å². The van der Waals surface area contributed by atoms with E-state index in [4.69, 9.17) is 0 Å². The largest absolute Gasteiger partial charge is 0.381 e. The molecule has 3 heteroatoms. The topological polar surface area (TPSA) is 24.9 Å². The fourth-order valence-electron chi connectivity index (χ4n) is 2.11. The molecule has 1 heterocycles. The van der Waals surface area contributed by atoms with Crippen LogP contribution < -0.4 is 5.32 Å². The highest BCUT2D eigenvalue weighted by molar-refractivity contribution is 14.1. The van der Waals surface area contributed by atoms with E-state index < -0.39 is 0 Å². The molecule has 0 aliphatic carbocycles. The van der Waals surface area contributed by atoms with Crippen molar-refractivity contribution in [3.05, 3.63) is 70.1 Å². The molecule has 0 unspecified atom stereocenters. The van der Waals surface area contributed by atoms with Gasteiger partial charge in [-0.2, -0.15) is 0 Å². The van der Waals surface area contributed by atoms with Crippen molar-refractivity contribution < 1.29 is 0 Å². The zero-order chi connectivity index (χ0) is 13.1. The van der Waals surface area contributed by atoms with Gasteiger partial charge in [-0.15, -0.1) is 0 Å². The van der Waals surface area contributed by atoms with E-state index in [1.165, 1.54) is 19.9 Å². The first-order valence-corrected chi connectivity index (χ1v) is 7.22. The highest BCUT2D eigenvalue weighted by atomic mass is 127. The predicted octanol–water partition coefficient (Wildman–Crippen LogP) is 4.45. The number of aromatic nitrogens is 1. The number of hydrogen-bond donors (Lipinski definition) is 1. The second-order valence-electron chi connectivity index (χ2n) is 4.37. The highest BCUT2D eigenvalue weighted by Crippen LogP contribution is 2.19. The lowest BCUT2D eigenvalue weighted by Gasteiger charge is -2.09. The van der Waals surface area contributed by atoms with E-state index in [0.29, 0.717) is 0 Å². The van der Waals surface area contributed by atoms with E-state index in [1.54, 1.807) is 0 Å². The SMILES string of the molecule is Ic1ccc(NCc2cccc3cnccc23)cc1. The van der Waals surface area contributed by atoms with Crippen LogP contribution in [0.2, 0.25) is 0 Å². The second-order valence-corrected chi connectivity index (χ2v) is 5.62. The number of rotatable bonds is 3. The molecule has 0 saturated carbocycles. The minimum atomic E-state index is 0.821. The maximum atomic E-state index is 4.16. The van der Waals surface area contributed by atoms with Gasteiger partial charge < -0.3 is 5.32 Å². The van der Waals surface area contributed by atoms with E-state index in [2.05, 4.69) is 81.4 Å². The van der Waals surface area contributed by atoms with E-state index in [1.807, 2.05) is 12.4 Å². The Kier molecular flexibility index (Phi) is 3.64. The van der Waals surface area contributed by atoms with Crippen LogP contribution in [-0.4, -0.2) is 4.98 Å². The summed E-state index contributed by atoms with van der Waals surface area (Å²) in [5.41, 5.74) is 2.44. The number of pyridine rings is 1. The van der Waals surface area contributed by atoms with Crippen LogP contribution in [0.3, 0.4) is 0 Å². The van der Waals surface area contributed by atoms with Gasteiger partial charge in [-0.1, -0.05) is 18.2 Å². The summed E-state index contributed by atoms with van der Waals surface area (Å²) >= 11 is 2.31. The molecule has 3 aromatic rings. The summed E-state index contributed by atoms with van der Waals surface area (Å²) in [6, 6.07) is 16.8. The summed E-state index contributed by atoms with van der Waals surface area (Å²) in [6.45, 7) is 0.821. The third kappa shape index (κ3) is 2.87. The molecular weight excluding hydrogens is 347 g/mol. The first-order valence-electron chi connectivity index (χ1n) is 6.14. The molecule has 94 valence electrons. The van der Waals surface area contributed by atoms with E-state index in [-0.39, 0.29) is 0 Å². The van der Waals surface area contributed by atoms with Crippen molar-refractivity contribution >= 4 is 39.1 Å². The Hall–Kier alpha value is -1.62. The van der Waals surface area contributed by atoms with Crippen LogP contribution in [0.25, 0.3) is 10.8 Å². The molecule has 2 aromatic carbocycles. The molecule has 0 atom stereocenters. The minimum Gasteiger partial charge on any atom is -0.381 e. The van der Waals surface area contributed by atoms with Crippen molar-refractivity contribution in [2.45, 2.75) is 6.54 Å². The summed E-state index contributed by atoms with van der Waals surface area (Å²) in [7, 11) is 0. The average molecular weight is 360 g/mol. The number of halogens is 1. The number of anilines is 1. The van der Waals surface area contributed by atoms with Crippen LogP contribution in [0.15, 0.2) is 60.9 Å². The molecule has 0 bridgehead atoms. The normalized spacial score (nSPS) is 10.6. The molecule has 0 spiro atoms.